The molecular weight excluding hydrogens is 421 g/mol. The van der Waals surface area contributed by atoms with Crippen LogP contribution in [0.2, 0.25) is 10.0 Å². The number of benzene rings is 1. The summed E-state index contributed by atoms with van der Waals surface area (Å²) in [6.45, 7) is 0.935. The lowest BCUT2D eigenvalue weighted by molar-refractivity contribution is -0.147. The van der Waals surface area contributed by atoms with E-state index in [0.717, 1.165) is 4.90 Å². The number of pyridine rings is 1. The molecule has 0 fully saturated rings. The Kier molecular flexibility index (Phi) is 6.14. The molecule has 150 valence electrons. The number of amides is 3. The number of rotatable bonds is 6. The molecule has 1 aliphatic rings. The Hall–Kier alpha value is -2.97. The molecule has 1 aliphatic heterocycles. The highest BCUT2D eigenvalue weighted by Gasteiger charge is 2.35. The van der Waals surface area contributed by atoms with E-state index in [-0.39, 0.29) is 23.8 Å². The summed E-state index contributed by atoms with van der Waals surface area (Å²) in [5.74, 6) is -2.20. The molecule has 3 rings (SSSR count). The van der Waals surface area contributed by atoms with Crippen LogP contribution in [0.25, 0.3) is 0 Å². The van der Waals surface area contributed by atoms with Crippen LogP contribution in [0, 0.1) is 6.92 Å². The van der Waals surface area contributed by atoms with Crippen LogP contribution in [0.3, 0.4) is 0 Å². The van der Waals surface area contributed by atoms with Gasteiger partial charge in [0.2, 0.25) is 0 Å². The molecular formula is C19H15Cl2N3O5. The molecule has 0 saturated carbocycles. The smallest absolute Gasteiger partial charge is 0.308 e. The van der Waals surface area contributed by atoms with Crippen molar-refractivity contribution in [2.45, 2.75) is 13.3 Å². The van der Waals surface area contributed by atoms with Gasteiger partial charge in [-0.1, -0.05) is 35.3 Å². The number of hydrogen-bond acceptors (Lipinski definition) is 6. The third-order valence-electron chi connectivity index (χ3n) is 4.14. The van der Waals surface area contributed by atoms with Crippen LogP contribution in [-0.4, -0.2) is 46.7 Å². The SMILES string of the molecule is Cc1nc(NC(=O)COC(=O)CCN2C(=O)c3ccccc3C2=O)c(Cl)cc1Cl. The number of ether oxygens (including phenoxy) is 1. The van der Waals surface area contributed by atoms with Crippen molar-refractivity contribution in [3.63, 3.8) is 0 Å². The van der Waals surface area contributed by atoms with Gasteiger partial charge in [0.05, 0.1) is 33.3 Å². The second kappa shape index (κ2) is 8.59. The molecule has 2 aromatic rings. The Morgan fingerprint density at radius 3 is 2.34 bits per heavy atom. The lowest BCUT2D eigenvalue weighted by atomic mass is 10.1. The van der Waals surface area contributed by atoms with Crippen molar-refractivity contribution in [1.29, 1.82) is 0 Å². The average Bonchev–Trinajstić information content (AvgIpc) is 2.93. The predicted molar refractivity (Wildman–Crippen MR) is 105 cm³/mol. The highest BCUT2D eigenvalue weighted by molar-refractivity contribution is 6.36. The molecule has 0 spiro atoms. The first-order valence-corrected chi connectivity index (χ1v) is 9.27. The van der Waals surface area contributed by atoms with Crippen molar-refractivity contribution >= 4 is 52.7 Å². The first-order valence-electron chi connectivity index (χ1n) is 8.51. The van der Waals surface area contributed by atoms with E-state index < -0.39 is 30.3 Å². The summed E-state index contributed by atoms with van der Waals surface area (Å²) in [6.07, 6.45) is -0.238. The van der Waals surface area contributed by atoms with E-state index in [1.165, 1.54) is 6.07 Å². The van der Waals surface area contributed by atoms with E-state index >= 15 is 0 Å². The predicted octanol–water partition coefficient (Wildman–Crippen LogP) is 2.86. The fraction of sp³-hybridized carbons (Fsp3) is 0.211. The van der Waals surface area contributed by atoms with Gasteiger partial charge in [0.1, 0.15) is 0 Å². The summed E-state index contributed by atoms with van der Waals surface area (Å²) in [7, 11) is 0. The third-order valence-corrected chi connectivity index (χ3v) is 4.82. The molecule has 0 saturated heterocycles. The Bertz CT molecular complexity index is 990. The summed E-state index contributed by atoms with van der Waals surface area (Å²) >= 11 is 11.8. The summed E-state index contributed by atoms with van der Waals surface area (Å²) in [5, 5.41) is 2.92. The van der Waals surface area contributed by atoms with Crippen LogP contribution in [0.15, 0.2) is 30.3 Å². The topological polar surface area (TPSA) is 106 Å². The van der Waals surface area contributed by atoms with Crippen LogP contribution < -0.4 is 5.32 Å². The second-order valence-corrected chi connectivity index (χ2v) is 6.97. The number of carbonyl (C=O) groups is 4. The van der Waals surface area contributed by atoms with E-state index in [9.17, 15) is 19.2 Å². The number of aromatic nitrogens is 1. The summed E-state index contributed by atoms with van der Waals surface area (Å²) in [5.41, 5.74) is 1.07. The van der Waals surface area contributed by atoms with E-state index in [4.69, 9.17) is 27.9 Å². The van der Waals surface area contributed by atoms with Gasteiger partial charge in [0.15, 0.2) is 12.4 Å². The van der Waals surface area contributed by atoms with E-state index in [1.807, 2.05) is 0 Å². The number of fused-ring (bicyclic) bond motifs is 1. The molecule has 1 aromatic carbocycles. The number of hydrogen-bond donors (Lipinski definition) is 1. The first kappa shape index (κ1) is 20.8. The number of nitrogens with one attached hydrogen (secondary N) is 1. The van der Waals surface area contributed by atoms with Crippen LogP contribution in [0.5, 0.6) is 0 Å². The minimum atomic E-state index is -0.733. The molecule has 0 aliphatic carbocycles. The summed E-state index contributed by atoms with van der Waals surface area (Å²) in [4.78, 5) is 53.3. The Morgan fingerprint density at radius 2 is 1.72 bits per heavy atom. The zero-order valence-electron chi connectivity index (χ0n) is 15.2. The normalized spacial score (nSPS) is 12.7. The Balaban J connectivity index is 1.48. The Morgan fingerprint density at radius 1 is 1.10 bits per heavy atom. The van der Waals surface area contributed by atoms with E-state index in [1.54, 1.807) is 31.2 Å². The maximum atomic E-state index is 12.2. The molecule has 0 bridgehead atoms. The fourth-order valence-electron chi connectivity index (χ4n) is 2.68. The molecule has 1 N–H and O–H groups in total. The van der Waals surface area contributed by atoms with Crippen LogP contribution in [-0.2, 0) is 14.3 Å². The van der Waals surface area contributed by atoms with Gasteiger partial charge in [-0.2, -0.15) is 0 Å². The highest BCUT2D eigenvalue weighted by Crippen LogP contribution is 2.25. The van der Waals surface area contributed by atoms with Gasteiger partial charge in [-0.05, 0) is 25.1 Å². The van der Waals surface area contributed by atoms with E-state index in [2.05, 4.69) is 10.3 Å². The number of esters is 1. The zero-order chi connectivity index (χ0) is 21.1. The average molecular weight is 436 g/mol. The number of halogens is 2. The van der Waals surface area contributed by atoms with Crippen molar-refractivity contribution < 1.29 is 23.9 Å². The highest BCUT2D eigenvalue weighted by atomic mass is 35.5. The molecule has 0 radical (unpaired) electrons. The summed E-state index contributed by atoms with van der Waals surface area (Å²) in [6, 6.07) is 7.86. The number of nitrogens with zero attached hydrogens (tertiary/aromatic N) is 2. The van der Waals surface area contributed by atoms with Gasteiger partial charge in [-0.3, -0.25) is 24.1 Å². The molecule has 0 atom stereocenters. The first-order chi connectivity index (χ1) is 13.8. The standard InChI is InChI=1S/C19H15Cl2N3O5/c1-10-13(20)8-14(21)17(22-10)23-15(25)9-29-16(26)6-7-24-18(27)11-4-2-3-5-12(11)19(24)28/h2-5,8H,6-7,9H2,1H3,(H,22,23,25). The maximum Gasteiger partial charge on any atom is 0.308 e. The van der Waals surface area contributed by atoms with Crippen LogP contribution >= 0.6 is 23.2 Å². The number of imide groups is 1. The van der Waals surface area contributed by atoms with Crippen LogP contribution in [0.1, 0.15) is 32.8 Å². The molecule has 29 heavy (non-hydrogen) atoms. The van der Waals surface area contributed by atoms with Gasteiger partial charge < -0.3 is 10.1 Å². The van der Waals surface area contributed by atoms with Crippen molar-refractivity contribution in [3.05, 3.63) is 57.2 Å². The number of anilines is 1. The molecule has 1 aromatic heterocycles. The minimum absolute atomic E-state index is 0.0978. The van der Waals surface area contributed by atoms with Gasteiger partial charge in [0, 0.05) is 6.54 Å². The summed E-state index contributed by atoms with van der Waals surface area (Å²) < 4.78 is 4.88. The van der Waals surface area contributed by atoms with Gasteiger partial charge in [-0.15, -0.1) is 0 Å². The van der Waals surface area contributed by atoms with Crippen molar-refractivity contribution in [2.75, 3.05) is 18.5 Å². The molecule has 10 heteroatoms. The lowest BCUT2D eigenvalue weighted by Crippen LogP contribution is -2.32. The maximum absolute atomic E-state index is 12.2. The minimum Gasteiger partial charge on any atom is -0.456 e. The molecule has 2 heterocycles. The van der Waals surface area contributed by atoms with E-state index in [0.29, 0.717) is 21.8 Å². The molecule has 8 nitrogen and oxygen atoms in total. The van der Waals surface area contributed by atoms with Gasteiger partial charge >= 0.3 is 5.97 Å². The quantitative estimate of drug-likeness (QED) is 0.552. The van der Waals surface area contributed by atoms with Gasteiger partial charge in [0.25, 0.3) is 17.7 Å². The van der Waals surface area contributed by atoms with Crippen molar-refractivity contribution in [2.24, 2.45) is 0 Å². The van der Waals surface area contributed by atoms with Crippen LogP contribution in [0.4, 0.5) is 5.82 Å². The lowest BCUT2D eigenvalue weighted by Gasteiger charge is -2.13. The number of carbonyl (C=O) groups excluding carboxylic acids is 4. The molecule has 3 amide bonds. The fourth-order valence-corrected chi connectivity index (χ4v) is 3.08. The Labute approximate surface area is 175 Å². The largest absolute Gasteiger partial charge is 0.456 e. The molecule has 0 unspecified atom stereocenters. The monoisotopic (exact) mass is 435 g/mol. The van der Waals surface area contributed by atoms with Crippen molar-refractivity contribution in [1.82, 2.24) is 9.88 Å². The second-order valence-electron chi connectivity index (χ2n) is 6.15. The van der Waals surface area contributed by atoms with Crippen molar-refractivity contribution in [3.8, 4) is 0 Å². The van der Waals surface area contributed by atoms with Gasteiger partial charge in [-0.25, -0.2) is 4.98 Å². The number of aryl methyl sites for hydroxylation is 1. The third kappa shape index (κ3) is 4.55. The zero-order valence-corrected chi connectivity index (χ0v) is 16.7.